The van der Waals surface area contributed by atoms with Crippen LogP contribution in [0.1, 0.15) is 18.3 Å². The summed E-state index contributed by atoms with van der Waals surface area (Å²) in [6, 6.07) is 9.62. The lowest BCUT2D eigenvalue weighted by Gasteiger charge is -2.03. The number of rotatable bonds is 4. The predicted molar refractivity (Wildman–Crippen MR) is 84.4 cm³/mol. The Hall–Kier alpha value is -2.96. The Morgan fingerprint density at radius 3 is 2.52 bits per heavy atom. The minimum Gasteiger partial charge on any atom is -0.480 e. The van der Waals surface area contributed by atoms with Gasteiger partial charge in [0.15, 0.2) is 0 Å². The molecule has 0 radical (unpaired) electrons. The summed E-state index contributed by atoms with van der Waals surface area (Å²) in [5.74, 6) is -0.657. The van der Waals surface area contributed by atoms with E-state index in [0.29, 0.717) is 17.0 Å². The topological polar surface area (TPSA) is 89.5 Å². The van der Waals surface area contributed by atoms with Crippen LogP contribution in [0, 0.1) is 6.92 Å². The van der Waals surface area contributed by atoms with Gasteiger partial charge in [0.1, 0.15) is 17.9 Å². The van der Waals surface area contributed by atoms with Crippen LogP contribution in [0.3, 0.4) is 0 Å². The van der Waals surface area contributed by atoms with Gasteiger partial charge in [-0.15, -0.1) is 0 Å². The van der Waals surface area contributed by atoms with Gasteiger partial charge in [-0.1, -0.05) is 31.2 Å². The van der Waals surface area contributed by atoms with Crippen molar-refractivity contribution in [1.29, 1.82) is 0 Å². The highest BCUT2D eigenvalue weighted by atomic mass is 16.4. The van der Waals surface area contributed by atoms with E-state index >= 15 is 0 Å². The molecule has 0 bridgehead atoms. The van der Waals surface area contributed by atoms with Crippen LogP contribution in [0.5, 0.6) is 0 Å². The van der Waals surface area contributed by atoms with E-state index in [1.807, 2.05) is 24.3 Å². The number of benzene rings is 1. The Labute approximate surface area is 131 Å². The number of carbonyl (C=O) groups is 1. The second-order valence-electron chi connectivity index (χ2n) is 5.28. The fourth-order valence-corrected chi connectivity index (χ4v) is 2.46. The number of hydrogen-bond donors (Lipinski definition) is 1. The Bertz CT molecular complexity index is 938. The summed E-state index contributed by atoms with van der Waals surface area (Å²) in [7, 11) is 0. The molecule has 1 N–H and O–H groups in total. The Balaban J connectivity index is 2.14. The summed E-state index contributed by atoms with van der Waals surface area (Å²) in [4.78, 5) is 23.2. The molecule has 0 amide bonds. The molecular weight excluding hydrogens is 296 g/mol. The molecule has 0 fully saturated rings. The molecule has 0 aliphatic carbocycles. The van der Waals surface area contributed by atoms with Crippen LogP contribution in [-0.2, 0) is 17.8 Å². The molecular formula is C16H16N4O3. The maximum absolute atomic E-state index is 12.3. The van der Waals surface area contributed by atoms with Crippen LogP contribution in [-0.4, -0.2) is 30.5 Å². The van der Waals surface area contributed by atoms with Crippen LogP contribution >= 0.6 is 0 Å². The van der Waals surface area contributed by atoms with Crippen molar-refractivity contribution in [3.05, 3.63) is 52.1 Å². The number of fused-ring (bicyclic) bond motifs is 1. The SMILES string of the molecule is CCc1ccc(-c2cc3c(=O)n(CC(=O)O)nc(C)n3n2)cc1. The van der Waals surface area contributed by atoms with Crippen molar-refractivity contribution in [2.45, 2.75) is 26.8 Å². The van der Waals surface area contributed by atoms with Crippen molar-refractivity contribution in [3.8, 4) is 11.3 Å². The number of nitrogens with zero attached hydrogens (tertiary/aromatic N) is 4. The molecule has 2 heterocycles. The summed E-state index contributed by atoms with van der Waals surface area (Å²) in [6.07, 6.45) is 0.953. The molecule has 0 unspecified atom stereocenters. The molecule has 118 valence electrons. The molecule has 23 heavy (non-hydrogen) atoms. The Morgan fingerprint density at radius 2 is 1.91 bits per heavy atom. The summed E-state index contributed by atoms with van der Waals surface area (Å²) in [6.45, 7) is 3.30. The van der Waals surface area contributed by atoms with E-state index in [1.165, 1.54) is 10.1 Å². The summed E-state index contributed by atoms with van der Waals surface area (Å²) < 4.78 is 2.39. The average molecular weight is 312 g/mol. The van der Waals surface area contributed by atoms with Crippen LogP contribution in [0.2, 0.25) is 0 Å². The molecule has 7 heteroatoms. The second-order valence-corrected chi connectivity index (χ2v) is 5.28. The first kappa shape index (κ1) is 15.0. The van der Waals surface area contributed by atoms with Gasteiger partial charge in [-0.25, -0.2) is 9.20 Å². The molecule has 0 aliphatic rings. The first-order valence-electron chi connectivity index (χ1n) is 7.28. The largest absolute Gasteiger partial charge is 0.480 e. The van der Waals surface area contributed by atoms with E-state index in [9.17, 15) is 9.59 Å². The van der Waals surface area contributed by atoms with Crippen molar-refractivity contribution in [1.82, 2.24) is 19.4 Å². The van der Waals surface area contributed by atoms with E-state index < -0.39 is 18.1 Å². The predicted octanol–water partition coefficient (Wildman–Crippen LogP) is 1.51. The fourth-order valence-electron chi connectivity index (χ4n) is 2.46. The van der Waals surface area contributed by atoms with Crippen LogP contribution in [0.4, 0.5) is 0 Å². The van der Waals surface area contributed by atoms with Gasteiger partial charge in [-0.2, -0.15) is 10.2 Å². The molecule has 1 aromatic carbocycles. The quantitative estimate of drug-likeness (QED) is 0.789. The van der Waals surface area contributed by atoms with E-state index in [1.54, 1.807) is 13.0 Å². The summed E-state index contributed by atoms with van der Waals surface area (Å²) in [5.41, 5.74) is 2.62. The van der Waals surface area contributed by atoms with Crippen molar-refractivity contribution >= 4 is 11.5 Å². The van der Waals surface area contributed by atoms with Crippen LogP contribution in [0.15, 0.2) is 35.1 Å². The first-order valence-corrected chi connectivity index (χ1v) is 7.28. The maximum atomic E-state index is 12.3. The van der Waals surface area contributed by atoms with Gasteiger partial charge in [0, 0.05) is 5.56 Å². The van der Waals surface area contributed by atoms with Gasteiger partial charge in [-0.3, -0.25) is 9.59 Å². The van der Waals surface area contributed by atoms with Crippen LogP contribution < -0.4 is 5.56 Å². The number of carboxylic acids is 1. The zero-order chi connectivity index (χ0) is 16.6. The molecule has 2 aromatic heterocycles. The van der Waals surface area contributed by atoms with Gasteiger partial charge in [0.2, 0.25) is 0 Å². The lowest BCUT2D eigenvalue weighted by molar-refractivity contribution is -0.138. The molecule has 0 atom stereocenters. The molecule has 3 aromatic rings. The molecule has 0 aliphatic heterocycles. The van der Waals surface area contributed by atoms with Crippen molar-refractivity contribution in [2.24, 2.45) is 0 Å². The highest BCUT2D eigenvalue weighted by molar-refractivity contribution is 5.68. The minimum absolute atomic E-state index is 0.313. The Kier molecular flexibility index (Phi) is 3.69. The van der Waals surface area contributed by atoms with E-state index in [0.717, 1.165) is 16.7 Å². The van der Waals surface area contributed by atoms with Crippen LogP contribution in [0.25, 0.3) is 16.8 Å². The van der Waals surface area contributed by atoms with Gasteiger partial charge < -0.3 is 5.11 Å². The lowest BCUT2D eigenvalue weighted by Crippen LogP contribution is -2.29. The van der Waals surface area contributed by atoms with Gasteiger partial charge >= 0.3 is 5.97 Å². The van der Waals surface area contributed by atoms with E-state index in [-0.39, 0.29) is 0 Å². The number of hydrogen-bond acceptors (Lipinski definition) is 4. The number of aromatic nitrogens is 4. The number of aliphatic carboxylic acids is 1. The second kappa shape index (κ2) is 5.68. The van der Waals surface area contributed by atoms with E-state index in [2.05, 4.69) is 17.1 Å². The number of carboxylic acid groups (broad SMARTS) is 1. The normalized spacial score (nSPS) is 11.0. The van der Waals surface area contributed by atoms with Gasteiger partial charge in [0.25, 0.3) is 5.56 Å². The van der Waals surface area contributed by atoms with Crippen molar-refractivity contribution in [2.75, 3.05) is 0 Å². The average Bonchev–Trinajstić information content (AvgIpc) is 2.98. The van der Waals surface area contributed by atoms with E-state index in [4.69, 9.17) is 5.11 Å². The van der Waals surface area contributed by atoms with Gasteiger partial charge in [0.05, 0.1) is 5.69 Å². The third-order valence-corrected chi connectivity index (χ3v) is 3.68. The highest BCUT2D eigenvalue weighted by Crippen LogP contribution is 2.19. The molecule has 7 nitrogen and oxygen atoms in total. The monoisotopic (exact) mass is 312 g/mol. The summed E-state index contributed by atoms with van der Waals surface area (Å²) in [5, 5.41) is 17.3. The first-order chi connectivity index (χ1) is 11.0. The van der Waals surface area contributed by atoms with Crippen molar-refractivity contribution in [3.63, 3.8) is 0 Å². The molecule has 3 rings (SSSR count). The number of aryl methyl sites for hydroxylation is 2. The maximum Gasteiger partial charge on any atom is 0.325 e. The summed E-state index contributed by atoms with van der Waals surface area (Å²) >= 11 is 0. The standard InChI is InChI=1S/C16H16N4O3/c1-3-11-4-6-12(7-5-11)13-8-14-16(23)19(9-15(21)22)17-10(2)20(14)18-13/h4-8H,3,9H2,1-2H3,(H,21,22). The fraction of sp³-hybridized carbons (Fsp3) is 0.250. The van der Waals surface area contributed by atoms with Gasteiger partial charge in [-0.05, 0) is 25.0 Å². The molecule has 0 saturated carbocycles. The molecule has 0 spiro atoms. The third kappa shape index (κ3) is 2.73. The minimum atomic E-state index is -1.11. The zero-order valence-corrected chi connectivity index (χ0v) is 12.9. The lowest BCUT2D eigenvalue weighted by atomic mass is 10.1. The highest BCUT2D eigenvalue weighted by Gasteiger charge is 2.14. The smallest absolute Gasteiger partial charge is 0.325 e. The Morgan fingerprint density at radius 1 is 1.22 bits per heavy atom. The molecule has 0 saturated heterocycles. The zero-order valence-electron chi connectivity index (χ0n) is 12.9. The third-order valence-electron chi connectivity index (χ3n) is 3.68. The van der Waals surface area contributed by atoms with Crippen molar-refractivity contribution < 1.29 is 9.90 Å².